The van der Waals surface area contributed by atoms with Crippen molar-refractivity contribution in [3.05, 3.63) is 71.8 Å². The predicted octanol–water partition coefficient (Wildman–Crippen LogP) is 4.74. The van der Waals surface area contributed by atoms with Crippen LogP contribution in [0.25, 0.3) is 0 Å². The van der Waals surface area contributed by atoms with Crippen molar-refractivity contribution in [2.24, 2.45) is 0 Å². The summed E-state index contributed by atoms with van der Waals surface area (Å²) in [6, 6.07) is 6.32. The van der Waals surface area contributed by atoms with Crippen molar-refractivity contribution in [2.45, 2.75) is 118 Å². The highest BCUT2D eigenvalue weighted by Crippen LogP contribution is 2.66. The maximum atomic E-state index is 12.7. The SMILES string of the molecule is C=CCOC(=O)Cl.C=CCOC(=O)N1CC[C@]23c4c5ccc(O)c4O[C@H]2C(=O)CC[C@@]3(O)[C@H]1C5.CCN(CC)CC.O=C1CC[C@@]2(O)[C@H]3Cc4ccc(O)c5c4[C@@]2(CCN3)[C@H]1O5. The summed E-state index contributed by atoms with van der Waals surface area (Å²) in [5.41, 5.74) is -1.04. The first-order valence-corrected chi connectivity index (χ1v) is 22.0. The summed E-state index contributed by atoms with van der Waals surface area (Å²) in [6.07, 6.45) is 4.42. The number of aromatic hydroxyl groups is 2. The molecule has 8 aliphatic rings. The highest BCUT2D eigenvalue weighted by molar-refractivity contribution is 6.61. The predicted molar refractivity (Wildman–Crippen MR) is 228 cm³/mol. The molecule has 15 nitrogen and oxygen atoms in total. The van der Waals surface area contributed by atoms with E-state index in [2.05, 4.69) is 48.9 Å². The number of carbonyl (C=O) groups excluding carboxylic acids is 4. The van der Waals surface area contributed by atoms with Crippen molar-refractivity contribution in [2.75, 3.05) is 45.9 Å². The van der Waals surface area contributed by atoms with Crippen LogP contribution in [0.1, 0.15) is 81.5 Å². The van der Waals surface area contributed by atoms with Gasteiger partial charge in [0.2, 0.25) is 0 Å². The zero-order valence-electron chi connectivity index (χ0n) is 35.6. The maximum Gasteiger partial charge on any atom is 0.410 e. The third kappa shape index (κ3) is 6.86. The molecule has 4 bridgehead atoms. The molecule has 336 valence electrons. The van der Waals surface area contributed by atoms with Gasteiger partial charge in [-0.3, -0.25) is 9.59 Å². The number of phenols is 2. The molecule has 2 spiro atoms. The van der Waals surface area contributed by atoms with Crippen LogP contribution in [-0.4, -0.2) is 135 Å². The fourth-order valence-corrected chi connectivity index (χ4v) is 11.8. The minimum atomic E-state index is -1.30. The second-order valence-corrected chi connectivity index (χ2v) is 17.4. The number of nitrogens with one attached hydrogen (secondary N) is 1. The fourth-order valence-electron chi connectivity index (χ4n) is 11.8. The van der Waals surface area contributed by atoms with Gasteiger partial charge >= 0.3 is 11.5 Å². The van der Waals surface area contributed by atoms with E-state index in [4.69, 9.17) is 25.8 Å². The minimum absolute atomic E-state index is 0.0149. The highest BCUT2D eigenvalue weighted by atomic mass is 35.5. The zero-order valence-corrected chi connectivity index (χ0v) is 36.4. The minimum Gasteiger partial charge on any atom is -0.504 e. The van der Waals surface area contributed by atoms with Gasteiger partial charge in [-0.05, 0) is 88.0 Å². The van der Waals surface area contributed by atoms with Crippen LogP contribution in [0.15, 0.2) is 49.6 Å². The van der Waals surface area contributed by atoms with E-state index in [1.54, 1.807) is 23.1 Å². The topological polar surface area (TPSA) is 205 Å². The number of amides is 1. The monoisotopic (exact) mass is 879 g/mol. The summed E-state index contributed by atoms with van der Waals surface area (Å²) in [4.78, 5) is 51.4. The summed E-state index contributed by atoms with van der Waals surface area (Å²) in [7, 11) is 0. The van der Waals surface area contributed by atoms with Crippen molar-refractivity contribution in [1.29, 1.82) is 0 Å². The van der Waals surface area contributed by atoms with E-state index < -0.39 is 51.8 Å². The Balaban J connectivity index is 0.000000146. The Morgan fingerprint density at radius 3 is 1.84 bits per heavy atom. The van der Waals surface area contributed by atoms with Crippen molar-refractivity contribution >= 4 is 34.7 Å². The summed E-state index contributed by atoms with van der Waals surface area (Å²) in [5.74, 6) is 0.774. The van der Waals surface area contributed by atoms with Crippen LogP contribution in [0.4, 0.5) is 9.59 Å². The molecule has 1 amide bonds. The summed E-state index contributed by atoms with van der Waals surface area (Å²) >= 11 is 4.75. The molecule has 4 aliphatic heterocycles. The van der Waals surface area contributed by atoms with E-state index in [-0.39, 0.29) is 55.2 Å². The second-order valence-electron chi connectivity index (χ2n) is 17.1. The Morgan fingerprint density at radius 2 is 1.34 bits per heavy atom. The van der Waals surface area contributed by atoms with Gasteiger partial charge in [-0.1, -0.05) is 58.2 Å². The molecular formula is C46H58ClN3O12. The zero-order chi connectivity index (χ0) is 44.8. The Hall–Kier alpha value is -4.67. The van der Waals surface area contributed by atoms with Gasteiger partial charge in [-0.2, -0.15) is 0 Å². The van der Waals surface area contributed by atoms with Crippen molar-refractivity contribution < 1.29 is 58.6 Å². The number of carbonyl (C=O) groups is 4. The lowest BCUT2D eigenvalue weighted by Crippen LogP contribution is -2.77. The standard InChI is InChI=1S/C20H21NO6.C16H17NO4.C6H15N.C4H5ClO2/c1-2-9-26-18(24)21-8-7-19-15-11-3-4-12(22)16(15)27-17(19)13(23)5-6-20(19,25)14(21)10-11;18-9-2-1-8-7-11-16(20)4-3-10(19)14-15(16,5-6-17-11)12(8)13(9)21-14;1-4-7(5-2)6-3;1-2-3-7-4(5)6/h2-4,14,17,22,25H,1,5-10H2;1-2,11,14,17-18,20H,3-7H2;4-6H2,1-3H3;2H,1,3H2/t14-,17+,19+,20-;11-,14+,15+,16-;;/m11../s1. The number of phenolic OH excluding ortho intramolecular Hbond substituents is 2. The number of halogens is 1. The Labute approximate surface area is 366 Å². The maximum absolute atomic E-state index is 12.7. The van der Waals surface area contributed by atoms with Crippen molar-refractivity contribution in [3.63, 3.8) is 0 Å². The summed E-state index contributed by atoms with van der Waals surface area (Å²) in [6.45, 7) is 18.4. The molecule has 2 saturated heterocycles. The molecule has 4 fully saturated rings. The number of hydrogen-bond donors (Lipinski definition) is 5. The molecule has 0 aromatic heterocycles. The number of rotatable bonds is 7. The first-order chi connectivity index (χ1) is 29.6. The first-order valence-electron chi connectivity index (χ1n) is 21.6. The average Bonchev–Trinajstić information content (AvgIpc) is 3.80. The number of nitrogens with zero attached hydrogens (tertiary/aromatic N) is 2. The van der Waals surface area contributed by atoms with Crippen molar-refractivity contribution in [1.82, 2.24) is 15.1 Å². The number of ether oxygens (including phenoxy) is 4. The number of ketones is 2. The molecule has 5 N–H and O–H groups in total. The van der Waals surface area contributed by atoms with Gasteiger partial charge in [-0.15, -0.1) is 0 Å². The number of likely N-dealkylation sites (tertiary alicyclic amines) is 1. The first kappa shape index (κ1) is 45.4. The molecule has 8 atom stereocenters. The normalized spacial score (nSPS) is 31.8. The van der Waals surface area contributed by atoms with Crippen molar-refractivity contribution in [3.8, 4) is 23.0 Å². The fraction of sp³-hybridized carbons (Fsp3) is 0.565. The Morgan fingerprint density at radius 1 is 0.823 bits per heavy atom. The van der Waals surface area contributed by atoms with E-state index in [9.17, 15) is 39.6 Å². The van der Waals surface area contributed by atoms with Crippen LogP contribution in [-0.2, 0) is 42.7 Å². The molecule has 0 unspecified atom stereocenters. The van der Waals surface area contributed by atoms with E-state index in [0.29, 0.717) is 56.6 Å². The second kappa shape index (κ2) is 17.5. The van der Waals surface area contributed by atoms with Gasteiger partial charge in [0.05, 0.1) is 28.1 Å². The molecule has 4 aliphatic carbocycles. The lowest BCUT2D eigenvalue weighted by atomic mass is 9.49. The van der Waals surface area contributed by atoms with E-state index in [1.165, 1.54) is 31.8 Å². The lowest BCUT2D eigenvalue weighted by molar-refractivity contribution is -0.183. The molecule has 2 saturated carbocycles. The molecule has 0 radical (unpaired) electrons. The third-order valence-corrected chi connectivity index (χ3v) is 14.7. The van der Waals surface area contributed by atoms with Gasteiger partial charge in [0.15, 0.2) is 46.8 Å². The molecule has 16 heteroatoms. The summed E-state index contributed by atoms with van der Waals surface area (Å²) < 4.78 is 21.3. The number of piperidine rings is 2. The van der Waals surface area contributed by atoms with Crippen LogP contribution in [0.3, 0.4) is 0 Å². The number of aliphatic hydroxyl groups is 2. The third-order valence-electron chi connectivity index (χ3n) is 14.6. The number of hydrogen-bond acceptors (Lipinski definition) is 14. The van der Waals surface area contributed by atoms with Gasteiger partial charge in [0, 0.05) is 48.2 Å². The summed E-state index contributed by atoms with van der Waals surface area (Å²) in [5, 5.41) is 47.2. The molecule has 10 rings (SSSR count). The van der Waals surface area contributed by atoms with Gasteiger partial charge in [0.25, 0.3) is 0 Å². The molecule has 2 aromatic carbocycles. The van der Waals surface area contributed by atoms with Crippen LogP contribution in [0.5, 0.6) is 23.0 Å². The van der Waals surface area contributed by atoms with E-state index in [0.717, 1.165) is 28.8 Å². The highest BCUT2D eigenvalue weighted by Gasteiger charge is 2.74. The van der Waals surface area contributed by atoms with E-state index in [1.807, 2.05) is 6.07 Å². The van der Waals surface area contributed by atoms with Crippen LogP contribution < -0.4 is 14.8 Å². The van der Waals surface area contributed by atoms with Gasteiger partial charge in [0.1, 0.15) is 13.2 Å². The number of Topliss-reactive ketones (excluding diaryl/α,β-unsaturated/α-hetero) is 2. The molecule has 62 heavy (non-hydrogen) atoms. The largest absolute Gasteiger partial charge is 0.504 e. The molecule has 4 heterocycles. The van der Waals surface area contributed by atoms with Gasteiger partial charge < -0.3 is 54.5 Å². The number of benzene rings is 2. The van der Waals surface area contributed by atoms with E-state index >= 15 is 0 Å². The van der Waals surface area contributed by atoms with Crippen LogP contribution in [0.2, 0.25) is 0 Å². The Bertz CT molecular complexity index is 2120. The Kier molecular flexibility index (Phi) is 12.8. The average molecular weight is 880 g/mol. The van der Waals surface area contributed by atoms with Crippen LogP contribution in [0, 0.1) is 0 Å². The smallest absolute Gasteiger partial charge is 0.410 e. The molecule has 2 aromatic rings. The molecular weight excluding hydrogens is 822 g/mol. The quantitative estimate of drug-likeness (QED) is 0.189. The lowest BCUT2D eigenvalue weighted by Gasteiger charge is -2.61. The van der Waals surface area contributed by atoms with Crippen LogP contribution >= 0.6 is 11.6 Å². The van der Waals surface area contributed by atoms with Gasteiger partial charge in [-0.25, -0.2) is 9.59 Å².